The molecule has 8 aromatic carbocycles. The molecule has 0 aliphatic heterocycles. The number of hydrogen-bond donors (Lipinski definition) is 0. The van der Waals surface area contributed by atoms with Gasteiger partial charge in [0.1, 0.15) is 0 Å². The SMILES string of the molecule is CC(C)(C)c1ccc2[cH-]c3ccc(C(C)(C)C)cc3c2c1.Clc1cc([C](=[Zr+2])c2cc(Cl)cc3ccccc23)c2ccccc2c1.c1cc[cH-]c1. The normalized spacial score (nSPS) is 11.7. The predicted molar refractivity (Wildman–Crippen MR) is 218 cm³/mol. The summed E-state index contributed by atoms with van der Waals surface area (Å²) >= 11 is 14.1. The van der Waals surface area contributed by atoms with Crippen molar-refractivity contribution >= 4 is 69.5 Å². The van der Waals surface area contributed by atoms with E-state index in [0.29, 0.717) is 0 Å². The summed E-state index contributed by atoms with van der Waals surface area (Å²) in [6.45, 7) is 13.7. The van der Waals surface area contributed by atoms with E-state index in [4.69, 9.17) is 23.2 Å². The maximum Gasteiger partial charge on any atom is -0.172 e. The summed E-state index contributed by atoms with van der Waals surface area (Å²) in [6.07, 6.45) is 0. The van der Waals surface area contributed by atoms with E-state index < -0.39 is 0 Å². The van der Waals surface area contributed by atoms with Gasteiger partial charge in [0, 0.05) is 0 Å². The first-order valence-electron chi connectivity index (χ1n) is 17.1. The minimum absolute atomic E-state index is 0.194. The van der Waals surface area contributed by atoms with E-state index in [1.165, 1.54) is 82.0 Å². The maximum absolute atomic E-state index is 6.38. The average molecular weight is 769 g/mol. The van der Waals surface area contributed by atoms with Gasteiger partial charge in [-0.3, -0.25) is 0 Å². The summed E-state index contributed by atoms with van der Waals surface area (Å²) in [5, 5.41) is 11.8. The van der Waals surface area contributed by atoms with Crippen LogP contribution in [0.4, 0.5) is 0 Å². The van der Waals surface area contributed by atoms with E-state index in [0.717, 1.165) is 20.8 Å². The molecule has 0 nitrogen and oxygen atoms in total. The van der Waals surface area contributed by atoms with Gasteiger partial charge in [-0.15, -0.1) is 39.7 Å². The van der Waals surface area contributed by atoms with Gasteiger partial charge >= 0.3 is 166 Å². The van der Waals surface area contributed by atoms with Crippen LogP contribution in [0.1, 0.15) is 63.8 Å². The van der Waals surface area contributed by atoms with Crippen molar-refractivity contribution in [3.8, 4) is 0 Å². The number of rotatable bonds is 2. The fraction of sp³-hybridized carbons (Fsp3) is 0.170. The fourth-order valence-corrected chi connectivity index (χ4v) is 7.83. The molecule has 0 aromatic heterocycles. The third kappa shape index (κ3) is 8.13. The molecular formula is C47H42Cl2Zr. The molecule has 0 N–H and O–H groups in total. The van der Waals surface area contributed by atoms with E-state index in [1.807, 2.05) is 54.6 Å². The molecular weight excluding hydrogens is 727 g/mol. The van der Waals surface area contributed by atoms with Crippen LogP contribution < -0.4 is 0 Å². The maximum atomic E-state index is 6.38. The molecule has 0 fully saturated rings. The molecule has 50 heavy (non-hydrogen) atoms. The van der Waals surface area contributed by atoms with Gasteiger partial charge in [0.25, 0.3) is 0 Å². The zero-order valence-electron chi connectivity index (χ0n) is 29.6. The van der Waals surface area contributed by atoms with Crippen LogP contribution in [0.2, 0.25) is 10.0 Å². The molecule has 0 spiro atoms. The molecule has 248 valence electrons. The van der Waals surface area contributed by atoms with Gasteiger partial charge in [-0.2, -0.15) is 18.2 Å². The first-order chi connectivity index (χ1) is 23.8. The molecule has 8 rings (SSSR count). The van der Waals surface area contributed by atoms with Crippen LogP contribution in [-0.4, -0.2) is 3.21 Å². The van der Waals surface area contributed by atoms with Crippen molar-refractivity contribution in [2.24, 2.45) is 0 Å². The molecule has 0 unspecified atom stereocenters. The van der Waals surface area contributed by atoms with E-state index in [9.17, 15) is 0 Å². The van der Waals surface area contributed by atoms with Crippen LogP contribution in [0.5, 0.6) is 0 Å². The zero-order chi connectivity index (χ0) is 35.6. The van der Waals surface area contributed by atoms with Crippen LogP contribution in [0.3, 0.4) is 0 Å². The molecule has 8 aromatic rings. The van der Waals surface area contributed by atoms with Crippen LogP contribution in [0, 0.1) is 0 Å². The van der Waals surface area contributed by atoms with Gasteiger partial charge < -0.3 is 0 Å². The van der Waals surface area contributed by atoms with Crippen molar-refractivity contribution in [3.63, 3.8) is 0 Å². The molecule has 3 heteroatoms. The second-order valence-electron chi connectivity index (χ2n) is 14.9. The summed E-state index contributed by atoms with van der Waals surface area (Å²) in [5.74, 6) is 0. The van der Waals surface area contributed by atoms with E-state index >= 15 is 0 Å². The predicted octanol–water partition coefficient (Wildman–Crippen LogP) is 14.1. The Hall–Kier alpha value is -3.61. The van der Waals surface area contributed by atoms with Crippen molar-refractivity contribution in [1.29, 1.82) is 0 Å². The minimum atomic E-state index is 0.194. The molecule has 0 heterocycles. The quantitative estimate of drug-likeness (QED) is 0.154. The molecule has 0 atom stereocenters. The van der Waals surface area contributed by atoms with Crippen molar-refractivity contribution in [2.45, 2.75) is 52.4 Å². The van der Waals surface area contributed by atoms with Crippen LogP contribution >= 0.6 is 23.2 Å². The Kier molecular flexibility index (Phi) is 10.8. The number of fused-ring (bicyclic) bond motifs is 5. The van der Waals surface area contributed by atoms with Crippen molar-refractivity contribution in [3.05, 3.63) is 178 Å². The van der Waals surface area contributed by atoms with Gasteiger partial charge in [-0.05, 0) is 10.8 Å². The number of halogens is 2. The Morgan fingerprint density at radius 2 is 0.920 bits per heavy atom. The first kappa shape index (κ1) is 36.2. The van der Waals surface area contributed by atoms with Crippen molar-refractivity contribution < 1.29 is 24.2 Å². The summed E-state index contributed by atoms with van der Waals surface area (Å²) in [7, 11) is 0. The molecule has 0 amide bonds. The Balaban J connectivity index is 0.000000153. The summed E-state index contributed by atoms with van der Waals surface area (Å²) < 4.78 is 1.26. The van der Waals surface area contributed by atoms with Gasteiger partial charge in [-0.25, -0.2) is 12.1 Å². The fourth-order valence-electron chi connectivity index (χ4n) is 6.36. The zero-order valence-corrected chi connectivity index (χ0v) is 33.6. The summed E-state index contributed by atoms with van der Waals surface area (Å²) in [5.41, 5.74) is 5.57. The molecule has 0 radical (unpaired) electrons. The smallest absolute Gasteiger partial charge is 0.172 e. The van der Waals surface area contributed by atoms with Gasteiger partial charge in [0.15, 0.2) is 0 Å². The first-order valence-corrected chi connectivity index (χ1v) is 19.0. The van der Waals surface area contributed by atoms with E-state index in [1.54, 1.807) is 0 Å². The minimum Gasteiger partial charge on any atom is -0.214 e. The molecule has 0 aliphatic carbocycles. The van der Waals surface area contributed by atoms with E-state index in [-0.39, 0.29) is 10.8 Å². The molecule has 0 saturated heterocycles. The standard InChI is InChI=1S/C21H12Cl2.C21H25.C5H5.Zr/c22-18-10-14-5-1-3-7-20(14)16(12-18)9-17-13-19(23)11-15-6-2-4-8-21(15)17;1-20(2,3)16-9-7-14-11-15-8-10-17(21(4,5)6)13-19(15)18(14)12-16;1-2-4-5-3-1;/h1-8,10-13H;7-13H,1-6H3;1-5H;/q;2*-1;+2. The Bertz CT molecular complexity index is 2260. The third-order valence-corrected chi connectivity index (χ3v) is 10.9. The van der Waals surface area contributed by atoms with Gasteiger partial charge in [0.2, 0.25) is 0 Å². The molecule has 0 aliphatic rings. The van der Waals surface area contributed by atoms with Gasteiger partial charge in [0.05, 0.1) is 0 Å². The van der Waals surface area contributed by atoms with Crippen LogP contribution in [-0.2, 0) is 35.1 Å². The Labute approximate surface area is 321 Å². The average Bonchev–Trinajstić information content (AvgIpc) is 3.78. The van der Waals surface area contributed by atoms with Crippen molar-refractivity contribution in [2.75, 3.05) is 0 Å². The van der Waals surface area contributed by atoms with Crippen LogP contribution in [0.15, 0.2) is 146 Å². The van der Waals surface area contributed by atoms with Crippen molar-refractivity contribution in [1.82, 2.24) is 0 Å². The largest absolute Gasteiger partial charge is 0.214 e. The van der Waals surface area contributed by atoms with Crippen LogP contribution in [0.25, 0.3) is 43.1 Å². The number of hydrogen-bond acceptors (Lipinski definition) is 0. The number of benzene rings is 6. The third-order valence-electron chi connectivity index (χ3n) is 9.19. The summed E-state index contributed by atoms with van der Waals surface area (Å²) in [4.78, 5) is 0. The molecule has 0 bridgehead atoms. The monoisotopic (exact) mass is 766 g/mol. The van der Waals surface area contributed by atoms with Gasteiger partial charge in [-0.1, -0.05) is 76.9 Å². The Morgan fingerprint density at radius 1 is 0.500 bits per heavy atom. The molecule has 0 saturated carbocycles. The second kappa shape index (κ2) is 14.9. The van der Waals surface area contributed by atoms with E-state index in [2.05, 4.69) is 133 Å². The topological polar surface area (TPSA) is 0 Å². The Morgan fingerprint density at radius 3 is 1.30 bits per heavy atom. The second-order valence-corrected chi connectivity index (χ2v) is 17.0. The summed E-state index contributed by atoms with van der Waals surface area (Å²) in [6, 6.07) is 51.0.